The molecule has 3 heterocycles. The average Bonchev–Trinajstić information content (AvgIpc) is 4.07. The molecule has 2 aliphatic carbocycles. The number of aromatic nitrogens is 4. The van der Waals surface area contributed by atoms with Crippen LogP contribution in [0.5, 0.6) is 0 Å². The van der Waals surface area contributed by atoms with Gasteiger partial charge in [0.05, 0.1) is 16.4 Å². The fourth-order valence-corrected chi connectivity index (χ4v) is 10.9. The quantitative estimate of drug-likeness (QED) is 0.178. The Balaban J connectivity index is 0.995. The van der Waals surface area contributed by atoms with Gasteiger partial charge in [-0.25, -0.2) is 4.98 Å². The van der Waals surface area contributed by atoms with E-state index in [4.69, 9.17) is 19.4 Å². The van der Waals surface area contributed by atoms with Crippen LogP contribution in [0.25, 0.3) is 106 Å². The van der Waals surface area contributed by atoms with E-state index in [1.54, 1.807) is 0 Å². The second-order valence-electron chi connectivity index (χ2n) is 16.7. The molecule has 0 atom stereocenters. The Labute approximate surface area is 362 Å². The molecule has 0 amide bonds. The summed E-state index contributed by atoms with van der Waals surface area (Å²) in [5, 5.41) is 4.53. The van der Waals surface area contributed by atoms with Crippen molar-refractivity contribution in [2.45, 2.75) is 5.41 Å². The van der Waals surface area contributed by atoms with Crippen molar-refractivity contribution >= 4 is 43.7 Å². The third kappa shape index (κ3) is 4.68. The van der Waals surface area contributed by atoms with Gasteiger partial charge in [-0.05, 0) is 86.0 Å². The molecule has 0 unspecified atom stereocenters. The zero-order chi connectivity index (χ0) is 41.2. The molecule has 9 aromatic carbocycles. The van der Waals surface area contributed by atoms with E-state index in [1.807, 2.05) is 36.4 Å². The second kappa shape index (κ2) is 12.8. The van der Waals surface area contributed by atoms with Gasteiger partial charge in [0, 0.05) is 32.7 Å². The van der Waals surface area contributed by atoms with Gasteiger partial charge in [0.15, 0.2) is 11.6 Å². The number of hydrogen-bond donors (Lipinski definition) is 0. The van der Waals surface area contributed by atoms with Crippen LogP contribution in [0, 0.1) is 0 Å². The van der Waals surface area contributed by atoms with Crippen molar-refractivity contribution in [2.75, 3.05) is 0 Å². The highest BCUT2D eigenvalue weighted by atomic mass is 16.3. The minimum absolute atomic E-state index is 0.445. The molecule has 12 aromatic rings. The number of hydrogen-bond acceptors (Lipinski definition) is 4. The minimum atomic E-state index is -0.445. The Morgan fingerprint density at radius 1 is 0.349 bits per heavy atom. The van der Waals surface area contributed by atoms with Crippen LogP contribution in [-0.2, 0) is 5.41 Å². The van der Waals surface area contributed by atoms with Gasteiger partial charge in [-0.3, -0.25) is 4.57 Å². The summed E-state index contributed by atoms with van der Waals surface area (Å²) in [6.45, 7) is 0. The number of fused-ring (bicyclic) bond motifs is 16. The zero-order valence-electron chi connectivity index (χ0n) is 33.8. The van der Waals surface area contributed by atoms with Crippen molar-refractivity contribution in [1.29, 1.82) is 0 Å². The predicted molar refractivity (Wildman–Crippen MR) is 254 cm³/mol. The Morgan fingerprint density at radius 2 is 0.889 bits per heavy atom. The minimum Gasteiger partial charge on any atom is -0.456 e. The van der Waals surface area contributed by atoms with Crippen LogP contribution >= 0.6 is 0 Å². The van der Waals surface area contributed by atoms with Crippen LogP contribution < -0.4 is 0 Å². The molecule has 0 radical (unpaired) electrons. The summed E-state index contributed by atoms with van der Waals surface area (Å²) in [4.78, 5) is 15.8. The van der Waals surface area contributed by atoms with E-state index in [0.717, 1.165) is 66.0 Å². The molecule has 1 spiro atoms. The summed E-state index contributed by atoms with van der Waals surface area (Å²) in [6.07, 6.45) is 0. The molecule has 0 fully saturated rings. The highest BCUT2D eigenvalue weighted by molar-refractivity contribution is 6.13. The molecule has 5 nitrogen and oxygen atoms in total. The summed E-state index contributed by atoms with van der Waals surface area (Å²) in [5.74, 6) is 1.79. The van der Waals surface area contributed by atoms with Crippen LogP contribution in [-0.4, -0.2) is 19.5 Å². The van der Waals surface area contributed by atoms with Crippen molar-refractivity contribution in [1.82, 2.24) is 19.5 Å². The van der Waals surface area contributed by atoms with Gasteiger partial charge in [0.1, 0.15) is 11.2 Å². The molecule has 0 saturated carbocycles. The summed E-state index contributed by atoms with van der Waals surface area (Å²) >= 11 is 0. The van der Waals surface area contributed by atoms with E-state index in [9.17, 15) is 0 Å². The molecule has 292 valence electrons. The van der Waals surface area contributed by atoms with E-state index in [1.165, 1.54) is 44.5 Å². The van der Waals surface area contributed by atoms with E-state index in [2.05, 4.69) is 174 Å². The third-order valence-electron chi connectivity index (χ3n) is 13.5. The Hall–Kier alpha value is -8.41. The molecule has 0 saturated heterocycles. The summed E-state index contributed by atoms with van der Waals surface area (Å²) in [7, 11) is 0. The van der Waals surface area contributed by atoms with Gasteiger partial charge in [-0.2, -0.15) is 9.97 Å². The lowest BCUT2D eigenvalue weighted by atomic mass is 9.70. The van der Waals surface area contributed by atoms with E-state index < -0.39 is 5.41 Å². The highest BCUT2D eigenvalue weighted by Crippen LogP contribution is 2.63. The predicted octanol–water partition coefficient (Wildman–Crippen LogP) is 14.2. The van der Waals surface area contributed by atoms with Crippen molar-refractivity contribution in [3.8, 4) is 62.1 Å². The normalized spacial score (nSPS) is 13.2. The van der Waals surface area contributed by atoms with Crippen LogP contribution in [0.4, 0.5) is 0 Å². The van der Waals surface area contributed by atoms with E-state index in [-0.39, 0.29) is 0 Å². The lowest BCUT2D eigenvalue weighted by Crippen LogP contribution is -2.25. The van der Waals surface area contributed by atoms with Crippen LogP contribution in [0.2, 0.25) is 0 Å². The topological polar surface area (TPSA) is 56.7 Å². The van der Waals surface area contributed by atoms with E-state index in [0.29, 0.717) is 17.6 Å². The first kappa shape index (κ1) is 34.3. The fourth-order valence-electron chi connectivity index (χ4n) is 10.9. The number of rotatable bonds is 4. The van der Waals surface area contributed by atoms with Crippen LogP contribution in [0.15, 0.2) is 211 Å². The van der Waals surface area contributed by atoms with Gasteiger partial charge >= 0.3 is 0 Å². The van der Waals surface area contributed by atoms with Gasteiger partial charge in [0.25, 0.3) is 0 Å². The molecule has 63 heavy (non-hydrogen) atoms. The average molecular weight is 803 g/mol. The zero-order valence-corrected chi connectivity index (χ0v) is 33.8. The molecular formula is C58H34N4O. The van der Waals surface area contributed by atoms with E-state index >= 15 is 0 Å². The van der Waals surface area contributed by atoms with Crippen molar-refractivity contribution < 1.29 is 4.42 Å². The first-order chi connectivity index (χ1) is 31.2. The number of para-hydroxylation sites is 2. The lowest BCUT2D eigenvalue weighted by Gasteiger charge is -2.30. The van der Waals surface area contributed by atoms with Gasteiger partial charge in [-0.15, -0.1) is 0 Å². The summed E-state index contributed by atoms with van der Waals surface area (Å²) in [6, 6.07) is 73.7. The SMILES string of the molecule is c1ccc(-c2nc(-c3ccc(-c4cccc5oc6ccccc6c45)cc3)nc(-n3c4ccccc4c4cc5c(cc43)-c3ccccc3C53c4ccccc4-c4ccccc43)n2)cc1. The van der Waals surface area contributed by atoms with Gasteiger partial charge < -0.3 is 4.42 Å². The van der Waals surface area contributed by atoms with Crippen LogP contribution in [0.1, 0.15) is 22.3 Å². The fraction of sp³-hybridized carbons (Fsp3) is 0.0172. The first-order valence-corrected chi connectivity index (χ1v) is 21.4. The molecule has 0 bridgehead atoms. The Bertz CT molecular complexity index is 3810. The van der Waals surface area contributed by atoms with Crippen molar-refractivity contribution in [2.24, 2.45) is 0 Å². The third-order valence-corrected chi connectivity index (χ3v) is 13.5. The molecular weight excluding hydrogens is 769 g/mol. The molecule has 3 aromatic heterocycles. The molecule has 0 aliphatic heterocycles. The number of furan rings is 1. The molecule has 14 rings (SSSR count). The Kier molecular flexibility index (Phi) is 6.97. The lowest BCUT2D eigenvalue weighted by molar-refractivity contribution is 0.669. The standard InChI is InChI=1S/C58H34N4O/c1-2-15-36(16-3-1)55-59-56(37-31-29-35(30-32-37)38-22-14-28-53-54(38)43-21-8-13-27-52(43)63-53)61-57(60-55)62-50-26-12-7-20-42(50)45-33-49-44(34-51(45)62)41-19-6-11-25-48(41)58(49)46-23-9-4-17-39(46)40-18-5-10-24-47(40)58/h1-34H. The smallest absolute Gasteiger partial charge is 0.238 e. The molecule has 5 heteroatoms. The monoisotopic (exact) mass is 802 g/mol. The maximum absolute atomic E-state index is 6.24. The highest BCUT2D eigenvalue weighted by Gasteiger charge is 2.51. The largest absolute Gasteiger partial charge is 0.456 e. The maximum Gasteiger partial charge on any atom is 0.238 e. The maximum atomic E-state index is 6.24. The molecule has 2 aliphatic rings. The summed E-state index contributed by atoms with van der Waals surface area (Å²) < 4.78 is 8.48. The van der Waals surface area contributed by atoms with Gasteiger partial charge in [-0.1, -0.05) is 176 Å². The molecule has 0 N–H and O–H groups in total. The number of nitrogens with zero attached hydrogens (tertiary/aromatic N) is 4. The van der Waals surface area contributed by atoms with Crippen molar-refractivity contribution in [3.63, 3.8) is 0 Å². The second-order valence-corrected chi connectivity index (χ2v) is 16.7. The number of benzene rings is 9. The Morgan fingerprint density at radius 3 is 1.60 bits per heavy atom. The van der Waals surface area contributed by atoms with Crippen LogP contribution in [0.3, 0.4) is 0 Å². The summed E-state index contributed by atoms with van der Waals surface area (Å²) in [5.41, 5.74) is 17.8. The van der Waals surface area contributed by atoms with Crippen molar-refractivity contribution in [3.05, 3.63) is 229 Å². The first-order valence-electron chi connectivity index (χ1n) is 21.4. The van der Waals surface area contributed by atoms with Gasteiger partial charge in [0.2, 0.25) is 5.95 Å².